The van der Waals surface area contributed by atoms with Gasteiger partial charge in [-0.05, 0) is 18.8 Å². The molecule has 7 nitrogen and oxygen atoms in total. The third-order valence-electron chi connectivity index (χ3n) is 3.84. The molecule has 1 aromatic rings. The largest absolute Gasteiger partial charge is 0.480 e. The van der Waals surface area contributed by atoms with Gasteiger partial charge in [-0.3, -0.25) is 4.79 Å². The van der Waals surface area contributed by atoms with Crippen LogP contribution in [0.3, 0.4) is 0 Å². The van der Waals surface area contributed by atoms with Crippen LogP contribution in [0.1, 0.15) is 54.7 Å². The lowest BCUT2D eigenvalue weighted by atomic mass is 9.85. The molecule has 0 spiro atoms. The van der Waals surface area contributed by atoms with Crippen LogP contribution < -0.4 is 0 Å². The first-order valence-corrected chi connectivity index (χ1v) is 6.95. The Hall–Kier alpha value is -1.92. The van der Waals surface area contributed by atoms with Gasteiger partial charge in [-0.1, -0.05) is 37.3 Å². The SMILES string of the molecule is O=C(O)Cn1nnc(C(=O)O)c1CCC1CCCCC1. The van der Waals surface area contributed by atoms with E-state index < -0.39 is 11.9 Å². The van der Waals surface area contributed by atoms with Crippen molar-refractivity contribution >= 4 is 11.9 Å². The lowest BCUT2D eigenvalue weighted by Crippen LogP contribution is -2.16. The second-order valence-corrected chi connectivity index (χ2v) is 5.28. The highest BCUT2D eigenvalue weighted by molar-refractivity contribution is 5.86. The van der Waals surface area contributed by atoms with Crippen LogP contribution in [-0.4, -0.2) is 37.1 Å². The first kappa shape index (κ1) is 14.5. The highest BCUT2D eigenvalue weighted by Crippen LogP contribution is 2.27. The van der Waals surface area contributed by atoms with E-state index in [0.717, 1.165) is 6.42 Å². The normalized spacial score (nSPS) is 16.2. The number of carboxylic acids is 2. The van der Waals surface area contributed by atoms with Crippen LogP contribution >= 0.6 is 0 Å². The van der Waals surface area contributed by atoms with Crippen LogP contribution in [0.5, 0.6) is 0 Å². The maximum atomic E-state index is 11.1. The lowest BCUT2D eigenvalue weighted by Gasteiger charge is -2.21. The molecule has 0 amide bonds. The van der Waals surface area contributed by atoms with E-state index in [9.17, 15) is 9.59 Å². The van der Waals surface area contributed by atoms with Gasteiger partial charge >= 0.3 is 11.9 Å². The Balaban J connectivity index is 2.08. The predicted octanol–water partition coefficient (Wildman–Crippen LogP) is 1.57. The number of nitrogens with zero attached hydrogens (tertiary/aromatic N) is 3. The van der Waals surface area contributed by atoms with Crippen molar-refractivity contribution < 1.29 is 19.8 Å². The number of rotatable bonds is 6. The van der Waals surface area contributed by atoms with Gasteiger partial charge in [0.2, 0.25) is 0 Å². The van der Waals surface area contributed by atoms with E-state index in [1.807, 2.05) is 0 Å². The molecule has 1 fully saturated rings. The minimum Gasteiger partial charge on any atom is -0.480 e. The van der Waals surface area contributed by atoms with Crippen molar-refractivity contribution in [2.45, 2.75) is 51.5 Å². The fourth-order valence-electron chi connectivity index (χ4n) is 2.82. The van der Waals surface area contributed by atoms with Gasteiger partial charge in [0.25, 0.3) is 0 Å². The Labute approximate surface area is 116 Å². The quantitative estimate of drug-likeness (QED) is 0.820. The molecular formula is C13H19N3O4. The molecule has 1 aliphatic rings. The molecule has 0 unspecified atom stereocenters. The topological polar surface area (TPSA) is 105 Å². The van der Waals surface area contributed by atoms with Crippen molar-refractivity contribution in [1.29, 1.82) is 0 Å². The summed E-state index contributed by atoms with van der Waals surface area (Å²) in [7, 11) is 0. The second-order valence-electron chi connectivity index (χ2n) is 5.28. The molecule has 7 heteroatoms. The van der Waals surface area contributed by atoms with Crippen molar-refractivity contribution in [1.82, 2.24) is 15.0 Å². The number of aromatic carboxylic acids is 1. The van der Waals surface area contributed by atoms with Gasteiger partial charge in [0.1, 0.15) is 6.54 Å². The van der Waals surface area contributed by atoms with Gasteiger partial charge in [0.15, 0.2) is 5.69 Å². The molecule has 1 aliphatic carbocycles. The summed E-state index contributed by atoms with van der Waals surface area (Å²) in [5.41, 5.74) is 0.299. The van der Waals surface area contributed by atoms with Crippen LogP contribution in [0.2, 0.25) is 0 Å². The van der Waals surface area contributed by atoms with Gasteiger partial charge < -0.3 is 10.2 Å². The molecule has 0 bridgehead atoms. The fraction of sp³-hybridized carbons (Fsp3) is 0.692. The van der Waals surface area contributed by atoms with E-state index in [2.05, 4.69) is 10.3 Å². The first-order chi connectivity index (χ1) is 9.58. The Morgan fingerprint density at radius 1 is 1.20 bits per heavy atom. The zero-order valence-electron chi connectivity index (χ0n) is 11.3. The van der Waals surface area contributed by atoms with E-state index in [-0.39, 0.29) is 12.2 Å². The standard InChI is InChI=1S/C13H19N3O4/c17-11(18)8-16-10(12(13(19)20)14-15-16)7-6-9-4-2-1-3-5-9/h9H,1-8H2,(H,17,18)(H,19,20). The lowest BCUT2D eigenvalue weighted by molar-refractivity contribution is -0.138. The van der Waals surface area contributed by atoms with E-state index in [1.54, 1.807) is 0 Å². The third-order valence-corrected chi connectivity index (χ3v) is 3.84. The average molecular weight is 281 g/mol. The minimum atomic E-state index is -1.15. The molecule has 1 aromatic heterocycles. The van der Waals surface area contributed by atoms with Crippen LogP contribution in [0.15, 0.2) is 0 Å². The Kier molecular flexibility index (Phi) is 4.70. The summed E-state index contributed by atoms with van der Waals surface area (Å²) in [6.45, 7) is -0.347. The average Bonchev–Trinajstić information content (AvgIpc) is 2.80. The zero-order chi connectivity index (χ0) is 14.5. The van der Waals surface area contributed by atoms with Crippen LogP contribution in [-0.2, 0) is 17.8 Å². The first-order valence-electron chi connectivity index (χ1n) is 6.95. The molecule has 1 saturated carbocycles. The van der Waals surface area contributed by atoms with Crippen LogP contribution in [0, 0.1) is 5.92 Å². The van der Waals surface area contributed by atoms with Crippen molar-refractivity contribution in [2.24, 2.45) is 5.92 Å². The second kappa shape index (κ2) is 6.49. The van der Waals surface area contributed by atoms with E-state index in [1.165, 1.54) is 36.8 Å². The van der Waals surface area contributed by atoms with Gasteiger partial charge in [-0.15, -0.1) is 5.10 Å². The summed E-state index contributed by atoms with van der Waals surface area (Å²) in [6, 6.07) is 0. The maximum Gasteiger partial charge on any atom is 0.358 e. The van der Waals surface area contributed by atoms with Gasteiger partial charge in [0, 0.05) is 0 Å². The van der Waals surface area contributed by atoms with Crippen LogP contribution in [0.4, 0.5) is 0 Å². The van der Waals surface area contributed by atoms with Crippen molar-refractivity contribution in [3.8, 4) is 0 Å². The summed E-state index contributed by atoms with van der Waals surface area (Å²) in [5, 5.41) is 25.1. The van der Waals surface area contributed by atoms with Gasteiger partial charge in [-0.2, -0.15) is 0 Å². The summed E-state index contributed by atoms with van der Waals surface area (Å²) >= 11 is 0. The summed E-state index contributed by atoms with van der Waals surface area (Å²) in [5.74, 6) is -1.61. The van der Waals surface area contributed by atoms with E-state index >= 15 is 0 Å². The molecule has 0 aliphatic heterocycles. The number of hydrogen-bond acceptors (Lipinski definition) is 4. The summed E-state index contributed by atoms with van der Waals surface area (Å²) in [6.07, 6.45) is 7.45. The Bertz CT molecular complexity index is 492. The summed E-state index contributed by atoms with van der Waals surface area (Å²) < 4.78 is 1.19. The number of hydrogen-bond donors (Lipinski definition) is 2. The smallest absolute Gasteiger partial charge is 0.358 e. The molecule has 0 atom stereocenters. The molecule has 0 radical (unpaired) electrons. The molecule has 2 rings (SSSR count). The molecule has 110 valence electrons. The fourth-order valence-corrected chi connectivity index (χ4v) is 2.82. The zero-order valence-corrected chi connectivity index (χ0v) is 11.3. The van der Waals surface area contributed by atoms with Gasteiger partial charge in [0.05, 0.1) is 5.69 Å². The molecule has 2 N–H and O–H groups in total. The highest BCUT2D eigenvalue weighted by Gasteiger charge is 2.22. The van der Waals surface area contributed by atoms with Gasteiger partial charge in [-0.25, -0.2) is 9.48 Å². The summed E-state index contributed by atoms with van der Waals surface area (Å²) in [4.78, 5) is 21.9. The number of carbonyl (C=O) groups is 2. The third kappa shape index (κ3) is 3.55. The monoisotopic (exact) mass is 281 g/mol. The molecule has 0 aromatic carbocycles. The number of carboxylic acid groups (broad SMARTS) is 2. The molecular weight excluding hydrogens is 262 g/mol. The van der Waals surface area contributed by atoms with Crippen molar-refractivity contribution in [2.75, 3.05) is 0 Å². The molecule has 20 heavy (non-hydrogen) atoms. The van der Waals surface area contributed by atoms with Crippen molar-refractivity contribution in [3.63, 3.8) is 0 Å². The number of aromatic nitrogens is 3. The Morgan fingerprint density at radius 2 is 1.90 bits per heavy atom. The molecule has 0 saturated heterocycles. The van der Waals surface area contributed by atoms with E-state index in [4.69, 9.17) is 10.2 Å². The minimum absolute atomic E-state index is 0.123. The highest BCUT2D eigenvalue weighted by atomic mass is 16.4. The van der Waals surface area contributed by atoms with Crippen molar-refractivity contribution in [3.05, 3.63) is 11.4 Å². The number of aliphatic carboxylic acids is 1. The van der Waals surface area contributed by atoms with Crippen LogP contribution in [0.25, 0.3) is 0 Å². The van der Waals surface area contributed by atoms with E-state index in [0.29, 0.717) is 18.0 Å². The Morgan fingerprint density at radius 3 is 2.50 bits per heavy atom. The predicted molar refractivity (Wildman–Crippen MR) is 69.5 cm³/mol. The molecule has 1 heterocycles. The maximum absolute atomic E-state index is 11.1.